The highest BCUT2D eigenvalue weighted by Crippen LogP contribution is 2.45. The van der Waals surface area contributed by atoms with Crippen LogP contribution in [0.25, 0.3) is 0 Å². The van der Waals surface area contributed by atoms with Crippen LogP contribution >= 0.6 is 0 Å². The number of benzene rings is 1. The van der Waals surface area contributed by atoms with Gasteiger partial charge in [-0.2, -0.15) is 0 Å². The first kappa shape index (κ1) is 42.3. The SMILES string of the molecule is CC[C@@H]1OC(=O)[C@H](C)[C@@H](OC(=O)NCC2CC(c3ccccc3)=NO2)[C@H](C)[C@@H](O[C@@H]2O[C@H](C)C[C@H](N(C)C)[C@H]2O)[C@@](C)(O)C[C@@H](C)[C@H]2OC1(C)[C@@H](N)[C@@H]2C. The van der Waals surface area contributed by atoms with Crippen molar-refractivity contribution in [2.75, 3.05) is 20.6 Å². The number of carbonyl (C=O) groups excluding carboxylic acids is 2. The van der Waals surface area contributed by atoms with Gasteiger partial charge in [-0.3, -0.25) is 4.79 Å². The number of nitrogens with one attached hydrogen (secondary N) is 1. The number of amides is 1. The summed E-state index contributed by atoms with van der Waals surface area (Å²) in [5, 5.41) is 31.0. The lowest BCUT2D eigenvalue weighted by Gasteiger charge is -2.47. The molecule has 304 valence electrons. The number of alkyl carbamates (subject to hydrolysis) is 1. The molecule has 1 amide bonds. The fourth-order valence-electron chi connectivity index (χ4n) is 9.18. The predicted octanol–water partition coefficient (Wildman–Crippen LogP) is 3.59. The van der Waals surface area contributed by atoms with E-state index in [0.717, 1.165) is 11.3 Å². The van der Waals surface area contributed by atoms with Crippen molar-refractivity contribution in [3.63, 3.8) is 0 Å². The van der Waals surface area contributed by atoms with E-state index in [4.69, 9.17) is 34.3 Å². The van der Waals surface area contributed by atoms with Crippen molar-refractivity contribution in [3.05, 3.63) is 35.9 Å². The van der Waals surface area contributed by atoms with Gasteiger partial charge in [0.1, 0.15) is 23.9 Å². The van der Waals surface area contributed by atoms with E-state index < -0.39 is 78.0 Å². The minimum atomic E-state index is -1.59. The molecule has 3 saturated heterocycles. The van der Waals surface area contributed by atoms with Crippen LogP contribution in [0.1, 0.15) is 86.6 Å². The molecule has 3 fully saturated rings. The number of aliphatic hydroxyl groups is 2. The van der Waals surface area contributed by atoms with E-state index >= 15 is 0 Å². The van der Waals surface area contributed by atoms with Gasteiger partial charge in [-0.05, 0) is 72.5 Å². The summed E-state index contributed by atoms with van der Waals surface area (Å²) in [6.45, 7) is 14.9. The minimum absolute atomic E-state index is 0.102. The minimum Gasteiger partial charge on any atom is -0.459 e. The molecule has 0 aromatic heterocycles. The monoisotopic (exact) mass is 760 g/mol. The van der Waals surface area contributed by atoms with Gasteiger partial charge in [-0.25, -0.2) is 4.79 Å². The first-order chi connectivity index (χ1) is 25.4. The molecule has 54 heavy (non-hydrogen) atoms. The number of fused-ring (bicyclic) bond motifs is 2. The van der Waals surface area contributed by atoms with E-state index in [2.05, 4.69) is 10.5 Å². The predicted molar refractivity (Wildman–Crippen MR) is 201 cm³/mol. The van der Waals surface area contributed by atoms with Crippen molar-refractivity contribution in [3.8, 4) is 0 Å². The third kappa shape index (κ3) is 8.90. The molecular formula is C40H64N4O10. The zero-order valence-corrected chi connectivity index (χ0v) is 33.6. The molecule has 5 rings (SSSR count). The normalized spacial score (nSPS) is 43.2. The van der Waals surface area contributed by atoms with Crippen LogP contribution in [-0.4, -0.2) is 126 Å². The van der Waals surface area contributed by atoms with Crippen molar-refractivity contribution in [2.45, 2.75) is 153 Å². The zero-order chi connectivity index (χ0) is 39.7. The number of likely N-dealkylation sites (N-methyl/N-ethyl adjacent to an activating group) is 1. The number of nitrogens with two attached hydrogens (primary N) is 1. The Balaban J connectivity index is 1.45. The summed E-state index contributed by atoms with van der Waals surface area (Å²) < 4.78 is 31.9. The van der Waals surface area contributed by atoms with Gasteiger partial charge in [0.25, 0.3) is 0 Å². The Morgan fingerprint density at radius 1 is 1.11 bits per heavy atom. The van der Waals surface area contributed by atoms with Crippen molar-refractivity contribution >= 4 is 17.8 Å². The molecule has 4 aliphatic heterocycles. The Kier molecular flexibility index (Phi) is 13.4. The molecule has 14 nitrogen and oxygen atoms in total. The van der Waals surface area contributed by atoms with Gasteiger partial charge >= 0.3 is 12.1 Å². The number of oxime groups is 1. The highest BCUT2D eigenvalue weighted by molar-refractivity contribution is 6.01. The molecule has 1 aromatic rings. The van der Waals surface area contributed by atoms with Crippen LogP contribution in [0.15, 0.2) is 35.5 Å². The summed E-state index contributed by atoms with van der Waals surface area (Å²) in [5.41, 5.74) is 5.95. The molecule has 0 radical (unpaired) electrons. The lowest BCUT2D eigenvalue weighted by atomic mass is 9.75. The number of nitrogens with zero attached hydrogens (tertiary/aromatic N) is 2. The zero-order valence-electron chi connectivity index (χ0n) is 33.6. The Morgan fingerprint density at radius 2 is 1.80 bits per heavy atom. The molecule has 4 heterocycles. The van der Waals surface area contributed by atoms with Crippen LogP contribution in [-0.2, 0) is 33.3 Å². The molecule has 2 unspecified atom stereocenters. The standard InChI is InChI=1S/C40H64N4O10/c1-11-30-40(8)34(41)23(4)32(53-40)21(2)19-39(7,48)35(52-37-31(45)29(44(9)10)17-22(3)49-37)24(5)33(25(6)36(46)50-30)51-38(47)42-20-27-18-28(43-54-27)26-15-13-12-14-16-26/h12-16,21-25,27,29-35,37,45,48H,11,17-20,41H2,1-10H3,(H,42,47)/t21-,22-,23-,24+,25-,27?,29+,30+,31-,32-,33+,34+,35-,37+,39+,40?/m1/s1. The average molecular weight is 761 g/mol. The number of hydrogen-bond acceptors (Lipinski definition) is 13. The maximum absolute atomic E-state index is 14.2. The molecule has 4 aliphatic rings. The fourth-order valence-corrected chi connectivity index (χ4v) is 9.18. The van der Waals surface area contributed by atoms with Gasteiger partial charge in [-0.1, -0.05) is 63.2 Å². The largest absolute Gasteiger partial charge is 0.459 e. The molecule has 2 bridgehead atoms. The number of cyclic esters (lactones) is 1. The van der Waals surface area contributed by atoms with Crippen molar-refractivity contribution in [1.82, 2.24) is 10.2 Å². The van der Waals surface area contributed by atoms with E-state index in [-0.39, 0.29) is 43.1 Å². The lowest BCUT2D eigenvalue weighted by molar-refractivity contribution is -0.299. The Labute approximate surface area is 320 Å². The number of carbonyl (C=O) groups is 2. The van der Waals surface area contributed by atoms with E-state index in [9.17, 15) is 19.8 Å². The second kappa shape index (κ2) is 17.1. The molecule has 5 N–H and O–H groups in total. The summed E-state index contributed by atoms with van der Waals surface area (Å²) in [4.78, 5) is 35.3. The summed E-state index contributed by atoms with van der Waals surface area (Å²) in [6, 6.07) is 8.92. The third-order valence-corrected chi connectivity index (χ3v) is 12.3. The van der Waals surface area contributed by atoms with Crippen molar-refractivity contribution < 1.29 is 48.3 Å². The maximum Gasteiger partial charge on any atom is 0.407 e. The Morgan fingerprint density at radius 3 is 2.44 bits per heavy atom. The smallest absolute Gasteiger partial charge is 0.407 e. The molecule has 0 aliphatic carbocycles. The van der Waals surface area contributed by atoms with Crippen molar-refractivity contribution in [2.24, 2.45) is 34.6 Å². The molecular weight excluding hydrogens is 696 g/mol. The number of hydrogen-bond donors (Lipinski definition) is 4. The average Bonchev–Trinajstić information content (AvgIpc) is 3.70. The summed E-state index contributed by atoms with van der Waals surface area (Å²) in [5.74, 6) is -2.78. The topological polar surface area (TPSA) is 184 Å². The van der Waals surface area contributed by atoms with Crippen LogP contribution in [0.5, 0.6) is 0 Å². The van der Waals surface area contributed by atoms with Gasteiger partial charge in [0.2, 0.25) is 0 Å². The number of aliphatic hydroxyl groups excluding tert-OH is 1. The molecule has 0 spiro atoms. The van der Waals surface area contributed by atoms with E-state index in [1.807, 2.05) is 83.9 Å². The number of rotatable bonds is 8. The maximum atomic E-state index is 14.2. The summed E-state index contributed by atoms with van der Waals surface area (Å²) in [7, 11) is 3.77. The quantitative estimate of drug-likeness (QED) is 0.283. The first-order valence-corrected chi connectivity index (χ1v) is 19.6. The van der Waals surface area contributed by atoms with E-state index in [1.54, 1.807) is 20.8 Å². The molecule has 0 saturated carbocycles. The van der Waals surface area contributed by atoms with Gasteiger partial charge < -0.3 is 54.7 Å². The van der Waals surface area contributed by atoms with Crippen LogP contribution in [0.2, 0.25) is 0 Å². The van der Waals surface area contributed by atoms with Crippen molar-refractivity contribution in [1.29, 1.82) is 0 Å². The second-order valence-corrected chi connectivity index (χ2v) is 16.9. The number of ether oxygens (including phenoxy) is 5. The van der Waals surface area contributed by atoms with Crippen LogP contribution in [0.3, 0.4) is 0 Å². The van der Waals surface area contributed by atoms with Gasteiger partial charge in [0, 0.05) is 30.3 Å². The molecule has 1 aromatic carbocycles. The Bertz CT molecular complexity index is 1460. The number of esters is 1. The Hall–Kier alpha value is -2.85. The molecule has 14 heteroatoms. The van der Waals surface area contributed by atoms with Crippen LogP contribution in [0.4, 0.5) is 4.79 Å². The van der Waals surface area contributed by atoms with E-state index in [0.29, 0.717) is 19.3 Å². The van der Waals surface area contributed by atoms with Gasteiger partial charge in [0.05, 0.1) is 42.1 Å². The van der Waals surface area contributed by atoms with Gasteiger partial charge in [0.15, 0.2) is 12.4 Å². The van der Waals surface area contributed by atoms with E-state index in [1.165, 1.54) is 0 Å². The molecule has 16 atom stereocenters. The van der Waals surface area contributed by atoms with Crippen LogP contribution < -0.4 is 11.1 Å². The van der Waals surface area contributed by atoms with Gasteiger partial charge in [-0.15, -0.1) is 0 Å². The highest BCUT2D eigenvalue weighted by Gasteiger charge is 2.57. The second-order valence-electron chi connectivity index (χ2n) is 16.9. The summed E-state index contributed by atoms with van der Waals surface area (Å²) in [6.07, 6.45) is -5.22. The van der Waals surface area contributed by atoms with Crippen LogP contribution in [0, 0.1) is 23.7 Å². The third-order valence-electron chi connectivity index (χ3n) is 12.3. The highest BCUT2D eigenvalue weighted by atomic mass is 16.7. The lowest BCUT2D eigenvalue weighted by Crippen LogP contribution is -2.59. The fraction of sp³-hybridized carbons (Fsp3) is 0.775. The summed E-state index contributed by atoms with van der Waals surface area (Å²) >= 11 is 0. The first-order valence-electron chi connectivity index (χ1n) is 19.6.